The maximum Gasteiger partial charge on any atom is 0.257 e. The number of anilines is 1. The van der Waals surface area contributed by atoms with E-state index in [9.17, 15) is 4.79 Å². The predicted molar refractivity (Wildman–Crippen MR) is 80.6 cm³/mol. The summed E-state index contributed by atoms with van der Waals surface area (Å²) in [7, 11) is 1.71. The van der Waals surface area contributed by atoms with E-state index in [1.807, 2.05) is 25.1 Å². The normalized spacial score (nSPS) is 10.3. The van der Waals surface area contributed by atoms with E-state index >= 15 is 0 Å². The summed E-state index contributed by atoms with van der Waals surface area (Å²) < 4.78 is 0. The standard InChI is InChI=1S/C15H16ClN3O/c1-10-7-14(17)12(8-18-10)15(20)19(2)9-11-5-3-4-6-13(11)16/h3-8H,9H2,1-2H3,(H2,17,18). The van der Waals surface area contributed by atoms with Crippen molar-refractivity contribution in [1.82, 2.24) is 9.88 Å². The number of rotatable bonds is 3. The zero-order valence-electron chi connectivity index (χ0n) is 11.4. The van der Waals surface area contributed by atoms with Crippen LogP contribution in [0.2, 0.25) is 5.02 Å². The van der Waals surface area contributed by atoms with Gasteiger partial charge in [0, 0.05) is 36.2 Å². The molecule has 5 heteroatoms. The van der Waals surface area contributed by atoms with Crippen molar-refractivity contribution < 1.29 is 4.79 Å². The van der Waals surface area contributed by atoms with Crippen LogP contribution in [0.3, 0.4) is 0 Å². The van der Waals surface area contributed by atoms with Crippen LogP contribution in [-0.2, 0) is 6.54 Å². The van der Waals surface area contributed by atoms with Gasteiger partial charge in [-0.15, -0.1) is 0 Å². The van der Waals surface area contributed by atoms with Gasteiger partial charge in [-0.2, -0.15) is 0 Å². The first kappa shape index (κ1) is 14.3. The molecule has 20 heavy (non-hydrogen) atoms. The average Bonchev–Trinajstić information content (AvgIpc) is 2.40. The van der Waals surface area contributed by atoms with Crippen LogP contribution in [-0.4, -0.2) is 22.8 Å². The molecule has 0 unspecified atom stereocenters. The van der Waals surface area contributed by atoms with Crippen molar-refractivity contribution in [3.63, 3.8) is 0 Å². The molecule has 0 radical (unpaired) electrons. The highest BCUT2D eigenvalue weighted by Gasteiger charge is 2.16. The van der Waals surface area contributed by atoms with E-state index in [2.05, 4.69) is 4.98 Å². The van der Waals surface area contributed by atoms with Gasteiger partial charge in [0.2, 0.25) is 0 Å². The Morgan fingerprint density at radius 1 is 1.40 bits per heavy atom. The molecule has 0 aliphatic heterocycles. The van der Waals surface area contributed by atoms with E-state index in [1.54, 1.807) is 24.1 Å². The lowest BCUT2D eigenvalue weighted by molar-refractivity contribution is 0.0786. The summed E-state index contributed by atoms with van der Waals surface area (Å²) in [6, 6.07) is 9.13. The molecule has 0 saturated heterocycles. The lowest BCUT2D eigenvalue weighted by Crippen LogP contribution is -2.27. The van der Waals surface area contributed by atoms with E-state index in [0.29, 0.717) is 22.8 Å². The van der Waals surface area contributed by atoms with Crippen molar-refractivity contribution in [2.45, 2.75) is 13.5 Å². The Hall–Kier alpha value is -2.07. The maximum atomic E-state index is 12.4. The van der Waals surface area contributed by atoms with Gasteiger partial charge in [-0.05, 0) is 24.6 Å². The first-order chi connectivity index (χ1) is 9.49. The average molecular weight is 290 g/mol. The molecule has 1 amide bonds. The van der Waals surface area contributed by atoms with Crippen LogP contribution in [0.1, 0.15) is 21.6 Å². The fourth-order valence-corrected chi connectivity index (χ4v) is 2.11. The first-order valence-corrected chi connectivity index (χ1v) is 6.58. The van der Waals surface area contributed by atoms with Crippen molar-refractivity contribution in [3.8, 4) is 0 Å². The summed E-state index contributed by atoms with van der Waals surface area (Å²) in [6.45, 7) is 2.25. The Labute approximate surface area is 123 Å². The third-order valence-corrected chi connectivity index (χ3v) is 3.38. The summed E-state index contributed by atoms with van der Waals surface area (Å²) in [5.41, 5.74) is 8.39. The number of carbonyl (C=O) groups is 1. The van der Waals surface area contributed by atoms with E-state index in [4.69, 9.17) is 17.3 Å². The third-order valence-electron chi connectivity index (χ3n) is 3.02. The van der Waals surface area contributed by atoms with Gasteiger partial charge in [0.1, 0.15) is 0 Å². The van der Waals surface area contributed by atoms with Gasteiger partial charge >= 0.3 is 0 Å². The van der Waals surface area contributed by atoms with Crippen LogP contribution >= 0.6 is 11.6 Å². The molecular formula is C15H16ClN3O. The Balaban J connectivity index is 2.19. The number of nitrogen functional groups attached to an aromatic ring is 1. The van der Waals surface area contributed by atoms with E-state index in [-0.39, 0.29) is 5.91 Å². The molecule has 2 rings (SSSR count). The molecule has 4 nitrogen and oxygen atoms in total. The van der Waals surface area contributed by atoms with Crippen LogP contribution in [0.15, 0.2) is 36.5 Å². The van der Waals surface area contributed by atoms with Gasteiger partial charge in [-0.3, -0.25) is 9.78 Å². The summed E-state index contributed by atoms with van der Waals surface area (Å²) in [5.74, 6) is -0.171. The molecule has 0 saturated carbocycles. The van der Waals surface area contributed by atoms with Gasteiger partial charge in [-0.25, -0.2) is 0 Å². The highest BCUT2D eigenvalue weighted by molar-refractivity contribution is 6.31. The van der Waals surface area contributed by atoms with Gasteiger partial charge in [0.15, 0.2) is 0 Å². The van der Waals surface area contributed by atoms with Crippen molar-refractivity contribution in [1.29, 1.82) is 0 Å². The van der Waals surface area contributed by atoms with Gasteiger partial charge in [0.25, 0.3) is 5.91 Å². The maximum absolute atomic E-state index is 12.4. The molecule has 1 aromatic carbocycles. The summed E-state index contributed by atoms with van der Waals surface area (Å²) >= 11 is 6.10. The van der Waals surface area contributed by atoms with E-state index in [1.165, 1.54) is 6.20 Å². The number of nitrogens with two attached hydrogens (primary N) is 1. The highest BCUT2D eigenvalue weighted by atomic mass is 35.5. The van der Waals surface area contributed by atoms with E-state index in [0.717, 1.165) is 11.3 Å². The van der Waals surface area contributed by atoms with Crippen molar-refractivity contribution in [3.05, 3.63) is 58.4 Å². The number of nitrogens with zero attached hydrogens (tertiary/aromatic N) is 2. The Bertz CT molecular complexity index is 643. The molecule has 0 spiro atoms. The Morgan fingerprint density at radius 2 is 2.10 bits per heavy atom. The van der Waals surface area contributed by atoms with Crippen LogP contribution in [0.25, 0.3) is 0 Å². The Morgan fingerprint density at radius 3 is 2.75 bits per heavy atom. The fourth-order valence-electron chi connectivity index (χ4n) is 1.92. The SMILES string of the molecule is Cc1cc(N)c(C(=O)N(C)Cc2ccccc2Cl)cn1. The number of hydrogen-bond donors (Lipinski definition) is 1. The van der Waals surface area contributed by atoms with Gasteiger partial charge in [0.05, 0.1) is 5.56 Å². The topological polar surface area (TPSA) is 59.2 Å². The number of carbonyl (C=O) groups excluding carboxylic acids is 1. The molecule has 0 aliphatic carbocycles. The van der Waals surface area contributed by atoms with Crippen molar-refractivity contribution in [2.24, 2.45) is 0 Å². The second-order valence-corrected chi connectivity index (χ2v) is 5.07. The van der Waals surface area contributed by atoms with Crippen LogP contribution in [0, 0.1) is 6.92 Å². The molecular weight excluding hydrogens is 274 g/mol. The zero-order valence-corrected chi connectivity index (χ0v) is 12.2. The lowest BCUT2D eigenvalue weighted by Gasteiger charge is -2.19. The predicted octanol–water partition coefficient (Wildman–Crippen LogP) is 2.90. The smallest absolute Gasteiger partial charge is 0.257 e. The quantitative estimate of drug-likeness (QED) is 0.945. The molecule has 1 heterocycles. The van der Waals surface area contributed by atoms with Crippen LogP contribution in [0.5, 0.6) is 0 Å². The molecule has 2 aromatic rings. The second kappa shape index (κ2) is 5.92. The number of benzene rings is 1. The van der Waals surface area contributed by atoms with E-state index < -0.39 is 0 Å². The number of amides is 1. The highest BCUT2D eigenvalue weighted by Crippen LogP contribution is 2.19. The number of aromatic nitrogens is 1. The fraction of sp³-hybridized carbons (Fsp3) is 0.200. The summed E-state index contributed by atoms with van der Waals surface area (Å²) in [6.07, 6.45) is 1.51. The van der Waals surface area contributed by atoms with Crippen LogP contribution in [0.4, 0.5) is 5.69 Å². The number of aryl methyl sites for hydroxylation is 1. The monoisotopic (exact) mass is 289 g/mol. The number of pyridine rings is 1. The zero-order chi connectivity index (χ0) is 14.7. The van der Waals surface area contributed by atoms with Gasteiger partial charge in [-0.1, -0.05) is 29.8 Å². The summed E-state index contributed by atoms with van der Waals surface area (Å²) in [5, 5.41) is 0.641. The summed E-state index contributed by atoms with van der Waals surface area (Å²) in [4.78, 5) is 18.0. The lowest BCUT2D eigenvalue weighted by atomic mass is 10.1. The molecule has 0 atom stereocenters. The van der Waals surface area contributed by atoms with Crippen LogP contribution < -0.4 is 5.73 Å². The van der Waals surface area contributed by atoms with Crippen molar-refractivity contribution >= 4 is 23.2 Å². The molecule has 1 aromatic heterocycles. The molecule has 0 aliphatic rings. The minimum Gasteiger partial charge on any atom is -0.398 e. The molecule has 104 valence electrons. The minimum absolute atomic E-state index is 0.171. The second-order valence-electron chi connectivity index (χ2n) is 4.67. The third kappa shape index (κ3) is 3.08. The molecule has 2 N–H and O–H groups in total. The first-order valence-electron chi connectivity index (χ1n) is 6.20. The van der Waals surface area contributed by atoms with Gasteiger partial charge < -0.3 is 10.6 Å². The number of halogens is 1. The Kier molecular flexibility index (Phi) is 4.25. The minimum atomic E-state index is -0.171. The van der Waals surface area contributed by atoms with Crippen molar-refractivity contribution in [2.75, 3.05) is 12.8 Å². The largest absolute Gasteiger partial charge is 0.398 e. The number of hydrogen-bond acceptors (Lipinski definition) is 3. The molecule has 0 bridgehead atoms. The molecule has 0 fully saturated rings.